The smallest absolute Gasteiger partial charge is 0.242 e. The normalized spacial score (nSPS) is 17.6. The van der Waals surface area contributed by atoms with Crippen molar-refractivity contribution >= 4 is 39.5 Å². The van der Waals surface area contributed by atoms with Gasteiger partial charge in [-0.25, -0.2) is 13.4 Å². The van der Waals surface area contributed by atoms with E-state index in [2.05, 4.69) is 15.6 Å². The number of nitrogens with zero attached hydrogens (tertiary/aromatic N) is 1. The minimum Gasteiger partial charge on any atom is -0.346 e. The van der Waals surface area contributed by atoms with Crippen LogP contribution >= 0.6 is 23.7 Å². The topological polar surface area (TPSA) is 88.2 Å². The largest absolute Gasteiger partial charge is 0.346 e. The zero-order valence-electron chi connectivity index (χ0n) is 15.3. The number of benzene rings is 1. The quantitative estimate of drug-likeness (QED) is 0.762. The van der Waals surface area contributed by atoms with Crippen molar-refractivity contribution in [3.8, 4) is 11.3 Å². The Morgan fingerprint density at radius 3 is 2.48 bits per heavy atom. The molecule has 1 saturated heterocycles. The van der Waals surface area contributed by atoms with E-state index in [1.807, 2.05) is 42.6 Å². The lowest BCUT2D eigenvalue weighted by Gasteiger charge is -2.35. The highest BCUT2D eigenvalue weighted by molar-refractivity contribution is 7.92. The Hall–Kier alpha value is -1.48. The molecule has 2 aromatic rings. The molecule has 27 heavy (non-hydrogen) atoms. The summed E-state index contributed by atoms with van der Waals surface area (Å²) in [4.78, 5) is 17.5. The number of carbonyl (C=O) groups excluding carboxylic acids is 1. The van der Waals surface area contributed by atoms with Gasteiger partial charge < -0.3 is 10.6 Å². The first-order chi connectivity index (χ1) is 12.3. The zero-order valence-corrected chi connectivity index (χ0v) is 17.7. The number of carbonyl (C=O) groups is 1. The van der Waals surface area contributed by atoms with Crippen molar-refractivity contribution in [1.29, 1.82) is 0 Å². The monoisotopic (exact) mass is 429 g/mol. The Morgan fingerprint density at radius 1 is 1.26 bits per heavy atom. The van der Waals surface area contributed by atoms with E-state index in [0.29, 0.717) is 13.1 Å². The number of thiazole rings is 1. The third-order valence-corrected chi connectivity index (χ3v) is 7.88. The van der Waals surface area contributed by atoms with Gasteiger partial charge >= 0.3 is 0 Å². The summed E-state index contributed by atoms with van der Waals surface area (Å²) in [7, 11) is -3.52. The average molecular weight is 430 g/mol. The van der Waals surface area contributed by atoms with Crippen molar-refractivity contribution in [2.75, 3.05) is 19.3 Å². The van der Waals surface area contributed by atoms with E-state index < -0.39 is 20.5 Å². The molecule has 6 nitrogen and oxygen atoms in total. The number of hydrogen-bond donors (Lipinski definition) is 2. The lowest BCUT2D eigenvalue weighted by molar-refractivity contribution is -0.125. The van der Waals surface area contributed by atoms with Gasteiger partial charge in [0.25, 0.3) is 0 Å². The lowest BCUT2D eigenvalue weighted by Crippen LogP contribution is -2.57. The van der Waals surface area contributed by atoms with Crippen LogP contribution in [0.25, 0.3) is 11.3 Å². The van der Waals surface area contributed by atoms with Gasteiger partial charge in [0, 0.05) is 17.2 Å². The Balaban J connectivity index is 0.00000261. The van der Waals surface area contributed by atoms with E-state index in [-0.39, 0.29) is 31.3 Å². The molecule has 1 aromatic carbocycles. The van der Waals surface area contributed by atoms with E-state index in [1.54, 1.807) is 0 Å². The first-order valence-corrected chi connectivity index (χ1v) is 11.3. The number of amides is 1. The predicted molar refractivity (Wildman–Crippen MR) is 111 cm³/mol. The molecular formula is C18H24ClN3O3S2. The van der Waals surface area contributed by atoms with Gasteiger partial charge in [-0.3, -0.25) is 4.79 Å². The summed E-state index contributed by atoms with van der Waals surface area (Å²) < 4.78 is 23.4. The van der Waals surface area contributed by atoms with Crippen molar-refractivity contribution in [2.45, 2.75) is 30.6 Å². The first kappa shape index (κ1) is 21.8. The van der Waals surface area contributed by atoms with Crippen LogP contribution in [-0.2, 0) is 14.6 Å². The third kappa shape index (κ3) is 4.51. The van der Waals surface area contributed by atoms with Crippen LogP contribution in [0.2, 0.25) is 0 Å². The summed E-state index contributed by atoms with van der Waals surface area (Å²) in [5, 5.41) is 8.71. The molecule has 0 saturated carbocycles. The zero-order chi connectivity index (χ0) is 18.8. The minimum atomic E-state index is -3.52. The third-order valence-electron chi connectivity index (χ3n) is 4.84. The second-order valence-electron chi connectivity index (χ2n) is 6.65. The van der Waals surface area contributed by atoms with E-state index in [1.165, 1.54) is 11.3 Å². The fourth-order valence-electron chi connectivity index (χ4n) is 3.21. The molecule has 0 bridgehead atoms. The number of aromatic nitrogens is 1. The van der Waals surface area contributed by atoms with Gasteiger partial charge in [0.15, 0.2) is 14.6 Å². The molecule has 0 radical (unpaired) electrons. The molecule has 1 unspecified atom stereocenters. The Labute approximate surface area is 170 Å². The second-order valence-corrected chi connectivity index (χ2v) is 9.86. The molecule has 3 rings (SSSR count). The standard InChI is InChI=1S/C18H23N3O3S2.ClH/c1-13(16-21-15(12-25-16)14-6-4-3-5-7-14)20-17(22)18(26(2,23)24)8-10-19-11-9-18;/h3-7,12-13,19H,8-11H2,1-2H3,(H,20,22);1H. The van der Waals surface area contributed by atoms with Gasteiger partial charge in [0.1, 0.15) is 5.01 Å². The lowest BCUT2D eigenvalue weighted by atomic mass is 9.95. The van der Waals surface area contributed by atoms with Crippen LogP contribution in [0.1, 0.15) is 30.8 Å². The maximum absolute atomic E-state index is 12.9. The average Bonchev–Trinajstić information content (AvgIpc) is 3.12. The molecule has 1 aromatic heterocycles. The predicted octanol–water partition coefficient (Wildman–Crippen LogP) is 2.58. The number of piperidine rings is 1. The molecule has 9 heteroatoms. The number of nitrogens with one attached hydrogen (secondary N) is 2. The number of rotatable bonds is 5. The van der Waals surface area contributed by atoms with Crippen LogP contribution < -0.4 is 10.6 Å². The molecule has 2 N–H and O–H groups in total. The van der Waals surface area contributed by atoms with E-state index in [4.69, 9.17) is 0 Å². The highest BCUT2D eigenvalue weighted by atomic mass is 35.5. The Bertz CT molecular complexity index is 878. The first-order valence-electron chi connectivity index (χ1n) is 8.56. The summed E-state index contributed by atoms with van der Waals surface area (Å²) in [6.07, 6.45) is 1.73. The minimum absolute atomic E-state index is 0. The Morgan fingerprint density at radius 2 is 1.89 bits per heavy atom. The number of sulfone groups is 1. The maximum atomic E-state index is 12.9. The van der Waals surface area contributed by atoms with Crippen molar-refractivity contribution in [3.05, 3.63) is 40.7 Å². The molecule has 1 atom stereocenters. The van der Waals surface area contributed by atoms with E-state index >= 15 is 0 Å². The van der Waals surface area contributed by atoms with E-state index in [0.717, 1.165) is 22.5 Å². The van der Waals surface area contributed by atoms with Gasteiger partial charge in [-0.05, 0) is 32.9 Å². The molecule has 1 aliphatic rings. The van der Waals surface area contributed by atoms with Gasteiger partial charge in [-0.2, -0.15) is 0 Å². The molecule has 0 spiro atoms. The fraction of sp³-hybridized carbons (Fsp3) is 0.444. The molecule has 148 valence electrons. The van der Waals surface area contributed by atoms with Crippen LogP contribution in [0, 0.1) is 0 Å². The summed E-state index contributed by atoms with van der Waals surface area (Å²) in [5.74, 6) is -0.425. The van der Waals surface area contributed by atoms with Crippen molar-refractivity contribution < 1.29 is 13.2 Å². The van der Waals surface area contributed by atoms with Gasteiger partial charge in [0.05, 0.1) is 11.7 Å². The van der Waals surface area contributed by atoms with Gasteiger partial charge in [-0.15, -0.1) is 23.7 Å². The van der Waals surface area contributed by atoms with Crippen molar-refractivity contribution in [2.24, 2.45) is 0 Å². The van der Waals surface area contributed by atoms with Crippen LogP contribution in [0.15, 0.2) is 35.7 Å². The molecular weight excluding hydrogens is 406 g/mol. The summed E-state index contributed by atoms with van der Waals surface area (Å²) in [5.41, 5.74) is 1.87. The highest BCUT2D eigenvalue weighted by Crippen LogP contribution is 2.30. The fourth-order valence-corrected chi connectivity index (χ4v) is 5.39. The van der Waals surface area contributed by atoms with Crippen LogP contribution in [-0.4, -0.2) is 43.4 Å². The van der Waals surface area contributed by atoms with Crippen molar-refractivity contribution in [1.82, 2.24) is 15.6 Å². The van der Waals surface area contributed by atoms with Crippen LogP contribution in [0.4, 0.5) is 0 Å². The summed E-state index contributed by atoms with van der Waals surface area (Å²) in [6, 6.07) is 9.46. The molecule has 2 heterocycles. The number of halogens is 1. The summed E-state index contributed by atoms with van der Waals surface area (Å²) in [6.45, 7) is 2.87. The number of hydrogen-bond acceptors (Lipinski definition) is 6. The van der Waals surface area contributed by atoms with Crippen molar-refractivity contribution in [3.63, 3.8) is 0 Å². The SMILES string of the molecule is CC(NC(=O)C1(S(C)(=O)=O)CCNCC1)c1nc(-c2ccccc2)cs1.Cl. The molecule has 0 aliphatic carbocycles. The van der Waals surface area contributed by atoms with Gasteiger partial charge in [-0.1, -0.05) is 30.3 Å². The molecule has 1 fully saturated rings. The van der Waals surface area contributed by atoms with E-state index in [9.17, 15) is 13.2 Å². The highest BCUT2D eigenvalue weighted by Gasteiger charge is 2.49. The Kier molecular flexibility index (Phi) is 7.02. The molecule has 1 amide bonds. The summed E-state index contributed by atoms with van der Waals surface area (Å²) >= 11 is 1.46. The van der Waals surface area contributed by atoms with Gasteiger partial charge in [0.2, 0.25) is 5.91 Å². The van der Waals surface area contributed by atoms with Crippen LogP contribution in [0.3, 0.4) is 0 Å². The second kappa shape index (κ2) is 8.68. The maximum Gasteiger partial charge on any atom is 0.242 e. The molecule has 1 aliphatic heterocycles. The van der Waals surface area contributed by atoms with Crippen LogP contribution in [0.5, 0.6) is 0 Å².